The molecule has 2 N–H and O–H groups in total. The molecule has 1 saturated carbocycles. The Hall–Kier alpha value is -2.98. The summed E-state index contributed by atoms with van der Waals surface area (Å²) >= 11 is 0. The Kier molecular flexibility index (Phi) is 5.67. The summed E-state index contributed by atoms with van der Waals surface area (Å²) in [5.74, 6) is -0.0257. The van der Waals surface area contributed by atoms with Crippen molar-refractivity contribution in [3.05, 3.63) is 42.0 Å². The predicted molar refractivity (Wildman–Crippen MR) is 109 cm³/mol. The van der Waals surface area contributed by atoms with E-state index >= 15 is 0 Å². The second-order valence-corrected chi connectivity index (χ2v) is 9.06. The Morgan fingerprint density at radius 2 is 1.90 bits per heavy atom. The van der Waals surface area contributed by atoms with Gasteiger partial charge in [-0.15, -0.1) is 0 Å². The van der Waals surface area contributed by atoms with Gasteiger partial charge in [0.2, 0.25) is 10.0 Å². The minimum Gasteiger partial charge on any atom is -0.493 e. The third-order valence-electron chi connectivity index (χ3n) is 5.53. The standard InChI is InChI=1S/C21H23NO8S/c1-27-16-10-9-12(11-18(16)28-2)31(25,26)22-20(21(23)24)30-17-8-4-6-14-13-5-3-7-15(13)29-19(14)17/h4,6,8-11,13,15,20,22H,3,5,7H2,1-2H3,(H,23,24). The number of nitrogens with one attached hydrogen (secondary N) is 1. The van der Waals surface area contributed by atoms with Crippen LogP contribution in [0.25, 0.3) is 0 Å². The first kappa shape index (κ1) is 21.3. The Balaban J connectivity index is 1.59. The summed E-state index contributed by atoms with van der Waals surface area (Å²) in [6.07, 6.45) is 1.19. The predicted octanol–water partition coefficient (Wildman–Crippen LogP) is 2.50. The van der Waals surface area contributed by atoms with Crippen LogP contribution >= 0.6 is 0 Å². The van der Waals surface area contributed by atoms with Crippen LogP contribution in [-0.2, 0) is 14.8 Å². The third kappa shape index (κ3) is 4.00. The number of hydrogen-bond donors (Lipinski definition) is 2. The molecule has 2 aromatic carbocycles. The highest BCUT2D eigenvalue weighted by molar-refractivity contribution is 7.89. The normalized spacial score (nSPS) is 20.3. The number of para-hydroxylation sites is 1. The van der Waals surface area contributed by atoms with E-state index in [9.17, 15) is 18.3 Å². The molecule has 0 spiro atoms. The van der Waals surface area contributed by atoms with Crippen LogP contribution in [0.1, 0.15) is 30.7 Å². The molecule has 1 fully saturated rings. The first-order chi connectivity index (χ1) is 14.8. The van der Waals surface area contributed by atoms with E-state index in [-0.39, 0.29) is 28.4 Å². The number of methoxy groups -OCH3 is 2. The van der Waals surface area contributed by atoms with Gasteiger partial charge in [0.25, 0.3) is 6.23 Å². The maximum Gasteiger partial charge on any atom is 0.361 e. The number of carbonyl (C=O) groups is 1. The Morgan fingerprint density at radius 1 is 1.13 bits per heavy atom. The van der Waals surface area contributed by atoms with Crippen molar-refractivity contribution < 1.29 is 37.3 Å². The van der Waals surface area contributed by atoms with E-state index in [1.165, 1.54) is 32.4 Å². The van der Waals surface area contributed by atoms with E-state index in [1.54, 1.807) is 12.1 Å². The monoisotopic (exact) mass is 449 g/mol. The minimum atomic E-state index is -4.24. The molecular formula is C21H23NO8S. The van der Waals surface area contributed by atoms with Gasteiger partial charge in [-0.05, 0) is 37.5 Å². The SMILES string of the molecule is COc1ccc(S(=O)(=O)NC(Oc2cccc3c2OC2CCCC32)C(=O)O)cc1OC. The van der Waals surface area contributed by atoms with Gasteiger partial charge in [0.1, 0.15) is 6.10 Å². The van der Waals surface area contributed by atoms with Gasteiger partial charge in [-0.1, -0.05) is 12.1 Å². The van der Waals surface area contributed by atoms with Gasteiger partial charge in [-0.25, -0.2) is 13.2 Å². The molecule has 10 heteroatoms. The maximum atomic E-state index is 12.8. The fourth-order valence-electron chi connectivity index (χ4n) is 4.06. The van der Waals surface area contributed by atoms with Crippen molar-refractivity contribution in [3.8, 4) is 23.0 Å². The van der Waals surface area contributed by atoms with Crippen LogP contribution in [0.3, 0.4) is 0 Å². The van der Waals surface area contributed by atoms with Gasteiger partial charge >= 0.3 is 5.97 Å². The van der Waals surface area contributed by atoms with Gasteiger partial charge in [0, 0.05) is 17.5 Å². The summed E-state index contributed by atoms with van der Waals surface area (Å²) in [7, 11) is -1.45. The fourth-order valence-corrected chi connectivity index (χ4v) is 5.14. The average Bonchev–Trinajstić information content (AvgIpc) is 3.34. The van der Waals surface area contributed by atoms with Crippen molar-refractivity contribution in [1.29, 1.82) is 0 Å². The highest BCUT2D eigenvalue weighted by Crippen LogP contribution is 2.50. The van der Waals surface area contributed by atoms with Crippen molar-refractivity contribution in [1.82, 2.24) is 4.72 Å². The molecule has 0 amide bonds. The number of rotatable bonds is 8. The molecule has 9 nitrogen and oxygen atoms in total. The molecule has 0 saturated heterocycles. The maximum absolute atomic E-state index is 12.8. The number of fused-ring (bicyclic) bond motifs is 3. The quantitative estimate of drug-likeness (QED) is 0.590. The number of carboxylic acids is 1. The lowest BCUT2D eigenvalue weighted by Gasteiger charge is -2.19. The van der Waals surface area contributed by atoms with Gasteiger partial charge in [-0.3, -0.25) is 0 Å². The first-order valence-corrected chi connectivity index (χ1v) is 11.3. The van der Waals surface area contributed by atoms with Gasteiger partial charge < -0.3 is 24.1 Å². The number of carboxylic acid groups (broad SMARTS) is 1. The molecule has 31 heavy (non-hydrogen) atoms. The van der Waals surface area contributed by atoms with E-state index in [0.717, 1.165) is 24.8 Å². The molecule has 0 aromatic heterocycles. The summed E-state index contributed by atoms with van der Waals surface area (Å²) in [5, 5.41) is 9.60. The number of ether oxygens (including phenoxy) is 4. The first-order valence-electron chi connectivity index (χ1n) is 9.77. The lowest BCUT2D eigenvalue weighted by atomic mass is 9.97. The molecule has 166 valence electrons. The van der Waals surface area contributed by atoms with Crippen LogP contribution in [0.2, 0.25) is 0 Å². The summed E-state index contributed by atoms with van der Waals surface area (Å²) in [6, 6.07) is 9.20. The van der Waals surface area contributed by atoms with Gasteiger partial charge in [0.05, 0.1) is 19.1 Å². The molecule has 2 aromatic rings. The van der Waals surface area contributed by atoms with Crippen LogP contribution in [-0.4, -0.2) is 46.0 Å². The number of hydrogen-bond acceptors (Lipinski definition) is 7. The minimum absolute atomic E-state index is 0.0477. The Labute approximate surface area is 179 Å². The summed E-state index contributed by atoms with van der Waals surface area (Å²) < 4.78 is 49.5. The molecule has 1 aliphatic carbocycles. The van der Waals surface area contributed by atoms with Crippen molar-refractivity contribution in [3.63, 3.8) is 0 Å². The van der Waals surface area contributed by atoms with Crippen LogP contribution in [0, 0.1) is 0 Å². The van der Waals surface area contributed by atoms with Crippen molar-refractivity contribution in [2.45, 2.75) is 42.4 Å². The van der Waals surface area contributed by atoms with Gasteiger partial charge in [0.15, 0.2) is 23.0 Å². The molecule has 4 rings (SSSR count). The van der Waals surface area contributed by atoms with Crippen LogP contribution in [0.15, 0.2) is 41.3 Å². The summed E-state index contributed by atoms with van der Waals surface area (Å²) in [5.41, 5.74) is 0.965. The Morgan fingerprint density at radius 3 is 2.61 bits per heavy atom. The third-order valence-corrected chi connectivity index (χ3v) is 6.93. The molecular weight excluding hydrogens is 426 g/mol. The van der Waals surface area contributed by atoms with Crippen LogP contribution in [0.4, 0.5) is 0 Å². The molecule has 2 aliphatic rings. The number of aliphatic carboxylic acids is 1. The van der Waals surface area contributed by atoms with Crippen LogP contribution in [0.5, 0.6) is 23.0 Å². The van der Waals surface area contributed by atoms with Gasteiger partial charge in [-0.2, -0.15) is 4.72 Å². The number of benzene rings is 2. The van der Waals surface area contributed by atoms with E-state index < -0.39 is 22.2 Å². The largest absolute Gasteiger partial charge is 0.493 e. The highest BCUT2D eigenvalue weighted by Gasteiger charge is 2.40. The second-order valence-electron chi connectivity index (χ2n) is 7.34. The summed E-state index contributed by atoms with van der Waals surface area (Å²) in [6.45, 7) is 0. The molecule has 0 bridgehead atoms. The molecule has 1 heterocycles. The summed E-state index contributed by atoms with van der Waals surface area (Å²) in [4.78, 5) is 11.6. The molecule has 1 aliphatic heterocycles. The topological polar surface area (TPSA) is 120 Å². The molecule has 0 radical (unpaired) electrons. The zero-order chi connectivity index (χ0) is 22.2. The molecule has 3 atom stereocenters. The van der Waals surface area contributed by atoms with E-state index in [2.05, 4.69) is 4.72 Å². The smallest absolute Gasteiger partial charge is 0.361 e. The Bertz CT molecular complexity index is 1100. The van der Waals surface area contributed by atoms with E-state index in [4.69, 9.17) is 18.9 Å². The fraction of sp³-hybridized carbons (Fsp3) is 0.381. The zero-order valence-electron chi connectivity index (χ0n) is 17.0. The number of sulfonamides is 1. The lowest BCUT2D eigenvalue weighted by molar-refractivity contribution is -0.145. The van der Waals surface area contributed by atoms with Crippen molar-refractivity contribution in [2.24, 2.45) is 0 Å². The highest BCUT2D eigenvalue weighted by atomic mass is 32.2. The van der Waals surface area contributed by atoms with Crippen molar-refractivity contribution in [2.75, 3.05) is 14.2 Å². The van der Waals surface area contributed by atoms with E-state index in [0.29, 0.717) is 11.5 Å². The lowest BCUT2D eigenvalue weighted by Crippen LogP contribution is -2.44. The second kappa shape index (κ2) is 8.27. The van der Waals surface area contributed by atoms with E-state index in [1.807, 2.05) is 6.07 Å². The molecule has 3 unspecified atom stereocenters. The van der Waals surface area contributed by atoms with Crippen molar-refractivity contribution >= 4 is 16.0 Å². The average molecular weight is 449 g/mol. The zero-order valence-corrected chi connectivity index (χ0v) is 17.8. The van der Waals surface area contributed by atoms with Crippen LogP contribution < -0.4 is 23.7 Å².